The van der Waals surface area contributed by atoms with Crippen molar-refractivity contribution in [2.24, 2.45) is 0 Å². The van der Waals surface area contributed by atoms with E-state index in [1.54, 1.807) is 6.08 Å². The van der Waals surface area contributed by atoms with E-state index in [1.165, 1.54) is 34.4 Å². The molecule has 0 aliphatic carbocycles. The van der Waals surface area contributed by atoms with Crippen LogP contribution in [0.4, 0.5) is 5.13 Å². The van der Waals surface area contributed by atoms with E-state index in [0.717, 1.165) is 10.2 Å². The van der Waals surface area contributed by atoms with Gasteiger partial charge in [0.1, 0.15) is 0 Å². The van der Waals surface area contributed by atoms with E-state index < -0.39 is 0 Å². The first-order valence-corrected chi connectivity index (χ1v) is 9.78. The first-order chi connectivity index (χ1) is 12.2. The Morgan fingerprint density at radius 1 is 1.24 bits per heavy atom. The third-order valence-corrected chi connectivity index (χ3v) is 5.89. The second-order valence-electron chi connectivity index (χ2n) is 4.70. The molecule has 2 N–H and O–H groups in total. The van der Waals surface area contributed by atoms with Crippen molar-refractivity contribution >= 4 is 61.6 Å². The first-order valence-electron chi connectivity index (χ1n) is 7.16. The summed E-state index contributed by atoms with van der Waals surface area (Å²) in [5.74, 6) is -0.202. The highest BCUT2D eigenvalue weighted by Gasteiger charge is 2.15. The summed E-state index contributed by atoms with van der Waals surface area (Å²) in [5, 5.41) is 14.0. The van der Waals surface area contributed by atoms with Gasteiger partial charge in [0.05, 0.1) is 16.0 Å². The van der Waals surface area contributed by atoms with Gasteiger partial charge in [-0.15, -0.1) is 28.1 Å². The molecule has 10 heteroatoms. The van der Waals surface area contributed by atoms with Crippen LogP contribution in [0.2, 0.25) is 0 Å². The highest BCUT2D eigenvalue weighted by Crippen LogP contribution is 2.27. The van der Waals surface area contributed by atoms with Crippen LogP contribution in [0.5, 0.6) is 0 Å². The fourth-order valence-corrected chi connectivity index (χ4v) is 4.24. The molecule has 0 aliphatic heterocycles. The lowest BCUT2D eigenvalue weighted by Crippen LogP contribution is -2.24. The van der Waals surface area contributed by atoms with Crippen LogP contribution in [0.15, 0.2) is 41.3 Å². The molecule has 0 atom stereocenters. The predicted octanol–water partition coefficient (Wildman–Crippen LogP) is 2.79. The van der Waals surface area contributed by atoms with Gasteiger partial charge in [-0.1, -0.05) is 41.3 Å². The maximum absolute atomic E-state index is 12.3. The number of benzene rings is 1. The Morgan fingerprint density at radius 2 is 2.08 bits per heavy atom. The molecule has 0 fully saturated rings. The van der Waals surface area contributed by atoms with Crippen LogP contribution in [0, 0.1) is 0 Å². The molecule has 2 aromatic heterocycles. The normalized spacial score (nSPS) is 10.6. The summed E-state index contributed by atoms with van der Waals surface area (Å²) >= 11 is 3.80. The summed E-state index contributed by atoms with van der Waals surface area (Å²) in [5.41, 5.74) is 0.789. The van der Waals surface area contributed by atoms with E-state index in [0.29, 0.717) is 21.0 Å². The topological polar surface area (TPSA) is 96.9 Å². The van der Waals surface area contributed by atoms with Crippen LogP contribution in [-0.2, 0) is 4.79 Å². The zero-order chi connectivity index (χ0) is 17.6. The van der Waals surface area contributed by atoms with Crippen LogP contribution in [-0.4, -0.2) is 39.3 Å². The summed E-state index contributed by atoms with van der Waals surface area (Å²) in [6.45, 7) is 3.96. The molecule has 0 saturated heterocycles. The zero-order valence-electron chi connectivity index (χ0n) is 12.9. The maximum Gasteiger partial charge on any atom is 0.286 e. The van der Waals surface area contributed by atoms with Crippen LogP contribution in [0.3, 0.4) is 0 Å². The van der Waals surface area contributed by atoms with E-state index in [1.807, 2.05) is 24.3 Å². The van der Waals surface area contributed by atoms with Crippen molar-refractivity contribution in [2.45, 2.75) is 4.34 Å². The number of hydrogen-bond acceptors (Lipinski definition) is 8. The molecule has 0 aliphatic rings. The highest BCUT2D eigenvalue weighted by molar-refractivity contribution is 8.01. The van der Waals surface area contributed by atoms with Crippen molar-refractivity contribution in [3.8, 4) is 0 Å². The Bertz CT molecular complexity index is 888. The van der Waals surface area contributed by atoms with Gasteiger partial charge in [-0.05, 0) is 12.1 Å². The summed E-state index contributed by atoms with van der Waals surface area (Å²) in [6, 6.07) is 7.56. The fourth-order valence-electron chi connectivity index (χ4n) is 1.80. The zero-order valence-corrected chi connectivity index (χ0v) is 15.3. The van der Waals surface area contributed by atoms with Crippen LogP contribution in [0.1, 0.15) is 9.80 Å². The van der Waals surface area contributed by atoms with E-state index >= 15 is 0 Å². The minimum atomic E-state index is -0.322. The van der Waals surface area contributed by atoms with Gasteiger partial charge in [-0.25, -0.2) is 4.98 Å². The lowest BCUT2D eigenvalue weighted by atomic mass is 10.3. The minimum absolute atomic E-state index is 0.111. The molecular weight excluding hydrogens is 378 g/mol. The Morgan fingerprint density at radius 3 is 2.88 bits per heavy atom. The number of para-hydroxylation sites is 1. The van der Waals surface area contributed by atoms with Crippen molar-refractivity contribution in [3.63, 3.8) is 0 Å². The number of carbonyl (C=O) groups is 2. The van der Waals surface area contributed by atoms with Crippen LogP contribution >= 0.6 is 34.4 Å². The Kier molecular flexibility index (Phi) is 5.74. The van der Waals surface area contributed by atoms with Crippen LogP contribution in [0.25, 0.3) is 10.2 Å². The molecule has 2 amide bonds. The molecule has 0 saturated carbocycles. The number of nitrogens with zero attached hydrogens (tertiary/aromatic N) is 3. The van der Waals surface area contributed by atoms with Gasteiger partial charge >= 0.3 is 0 Å². The molecule has 0 bridgehead atoms. The van der Waals surface area contributed by atoms with E-state index in [9.17, 15) is 9.59 Å². The van der Waals surface area contributed by atoms with Crippen molar-refractivity contribution < 1.29 is 9.59 Å². The highest BCUT2D eigenvalue weighted by atomic mass is 32.2. The van der Waals surface area contributed by atoms with Crippen LogP contribution < -0.4 is 10.6 Å². The summed E-state index contributed by atoms with van der Waals surface area (Å²) in [7, 11) is 0. The second-order valence-corrected chi connectivity index (χ2v) is 7.93. The van der Waals surface area contributed by atoms with Gasteiger partial charge in [-0.3, -0.25) is 14.9 Å². The number of anilines is 1. The largest absolute Gasteiger partial charge is 0.352 e. The van der Waals surface area contributed by atoms with Crippen molar-refractivity contribution in [3.05, 3.63) is 41.9 Å². The molecule has 2 heterocycles. The third-order valence-electron chi connectivity index (χ3n) is 2.89. The maximum atomic E-state index is 12.3. The second kappa shape index (κ2) is 8.19. The quantitative estimate of drug-likeness (QED) is 0.365. The minimum Gasteiger partial charge on any atom is -0.352 e. The molecule has 1 aromatic carbocycles. The van der Waals surface area contributed by atoms with Crippen molar-refractivity contribution in [1.82, 2.24) is 20.5 Å². The van der Waals surface area contributed by atoms with Gasteiger partial charge in [0.2, 0.25) is 11.0 Å². The van der Waals surface area contributed by atoms with Gasteiger partial charge < -0.3 is 5.32 Å². The summed E-state index contributed by atoms with van der Waals surface area (Å²) in [4.78, 5) is 28.1. The van der Waals surface area contributed by atoms with Gasteiger partial charge in [0, 0.05) is 6.54 Å². The number of nitrogens with one attached hydrogen (secondary N) is 2. The molecule has 0 spiro atoms. The summed E-state index contributed by atoms with van der Waals surface area (Å²) < 4.78 is 1.56. The lowest BCUT2D eigenvalue weighted by molar-refractivity contribution is -0.118. The van der Waals surface area contributed by atoms with E-state index in [2.05, 4.69) is 32.4 Å². The number of amides is 2. The monoisotopic (exact) mass is 391 g/mol. The molecule has 3 aromatic rings. The van der Waals surface area contributed by atoms with Gasteiger partial charge in [-0.2, -0.15) is 0 Å². The molecule has 0 unspecified atom stereocenters. The average Bonchev–Trinajstić information content (AvgIpc) is 3.24. The lowest BCUT2D eigenvalue weighted by Gasteiger charge is -1.99. The van der Waals surface area contributed by atoms with Gasteiger partial charge in [0.25, 0.3) is 5.91 Å². The number of thiazole rings is 1. The molecule has 128 valence electrons. The van der Waals surface area contributed by atoms with E-state index in [4.69, 9.17) is 0 Å². The molecule has 0 radical (unpaired) electrons. The Labute approximate surface area is 155 Å². The number of hydrogen-bond donors (Lipinski definition) is 2. The fraction of sp³-hybridized carbons (Fsp3) is 0.133. The predicted molar refractivity (Wildman–Crippen MR) is 101 cm³/mol. The smallest absolute Gasteiger partial charge is 0.286 e. The Hall–Kier alpha value is -2.30. The average molecular weight is 392 g/mol. The number of aromatic nitrogens is 3. The van der Waals surface area contributed by atoms with E-state index in [-0.39, 0.29) is 17.6 Å². The third kappa shape index (κ3) is 4.62. The Balaban J connectivity index is 1.58. The number of carbonyl (C=O) groups excluding carboxylic acids is 2. The van der Waals surface area contributed by atoms with Crippen molar-refractivity contribution in [1.29, 1.82) is 0 Å². The number of fused-ring (bicyclic) bond motifs is 1. The molecule has 7 nitrogen and oxygen atoms in total. The molecular formula is C15H13N5O2S3. The number of rotatable bonds is 7. The van der Waals surface area contributed by atoms with Gasteiger partial charge in [0.15, 0.2) is 9.35 Å². The summed E-state index contributed by atoms with van der Waals surface area (Å²) in [6.07, 6.45) is 1.61. The molecule has 25 heavy (non-hydrogen) atoms. The SMILES string of the molecule is C=CCNC(=O)CSc1nnc(NC(=O)c2nc3ccccc3s2)s1. The molecule has 3 rings (SSSR count). The standard InChI is InChI=1S/C15H13N5O2S3/c1-2-7-16-11(21)8-23-15-20-19-14(25-15)18-12(22)13-17-9-5-3-4-6-10(9)24-13/h2-6H,1,7-8H2,(H,16,21)(H,18,19,22). The first kappa shape index (κ1) is 17.5. The van der Waals surface area contributed by atoms with Crippen molar-refractivity contribution in [2.75, 3.05) is 17.6 Å². The number of thioether (sulfide) groups is 1.